The maximum atomic E-state index is 13.1. The van der Waals surface area contributed by atoms with Crippen molar-refractivity contribution in [3.63, 3.8) is 0 Å². The second-order valence-electron chi connectivity index (χ2n) is 7.08. The highest BCUT2D eigenvalue weighted by molar-refractivity contribution is 7.92. The first-order valence-corrected chi connectivity index (χ1v) is 11.1. The fraction of sp³-hybridized carbons (Fsp3) is 0.350. The first-order chi connectivity index (χ1) is 13.7. The molecule has 1 N–H and O–H groups in total. The van der Waals surface area contributed by atoms with Crippen molar-refractivity contribution in [3.05, 3.63) is 63.7 Å². The Morgan fingerprint density at radius 1 is 1.17 bits per heavy atom. The van der Waals surface area contributed by atoms with Crippen LogP contribution in [-0.2, 0) is 21.0 Å². The van der Waals surface area contributed by atoms with Crippen LogP contribution in [0.5, 0.6) is 0 Å². The van der Waals surface area contributed by atoms with Crippen LogP contribution in [0.1, 0.15) is 35.2 Å². The monoisotopic (exact) mass is 462 g/mol. The van der Waals surface area contributed by atoms with Crippen molar-refractivity contribution in [2.24, 2.45) is 0 Å². The lowest BCUT2D eigenvalue weighted by molar-refractivity contribution is -0.137. The molecule has 0 saturated heterocycles. The topological polar surface area (TPSA) is 66.5 Å². The van der Waals surface area contributed by atoms with Gasteiger partial charge in [0, 0.05) is 0 Å². The molecule has 0 bridgehead atoms. The van der Waals surface area contributed by atoms with Crippen LogP contribution in [0.2, 0.25) is 5.02 Å². The fourth-order valence-electron chi connectivity index (χ4n) is 3.07. The molecule has 164 valence electrons. The summed E-state index contributed by atoms with van der Waals surface area (Å²) in [7, 11) is -4.09. The molecular weight excluding hydrogens is 441 g/mol. The third kappa shape index (κ3) is 5.89. The van der Waals surface area contributed by atoms with E-state index in [1.807, 2.05) is 32.0 Å². The number of nitrogens with one attached hydrogen (secondary N) is 1. The molecule has 2 aromatic carbocycles. The zero-order chi connectivity index (χ0) is 22.9. The second-order valence-corrected chi connectivity index (χ2v) is 9.40. The SMILES string of the molecule is Cc1ccc([C@H](C)NC(=O)CN(c2cc(C(F)(F)F)ccc2Cl)S(C)(=O)=O)c(C)c1. The van der Waals surface area contributed by atoms with Gasteiger partial charge in [0.2, 0.25) is 15.9 Å². The second kappa shape index (κ2) is 8.85. The summed E-state index contributed by atoms with van der Waals surface area (Å²) in [6.07, 6.45) is -3.90. The van der Waals surface area contributed by atoms with Gasteiger partial charge in [0.25, 0.3) is 0 Å². The molecule has 2 rings (SSSR count). The van der Waals surface area contributed by atoms with E-state index in [-0.39, 0.29) is 5.02 Å². The van der Waals surface area contributed by atoms with Gasteiger partial charge in [-0.3, -0.25) is 9.10 Å². The third-order valence-corrected chi connectivity index (χ3v) is 5.95. The minimum absolute atomic E-state index is 0.219. The molecule has 0 unspecified atom stereocenters. The lowest BCUT2D eigenvalue weighted by atomic mass is 10.0. The minimum Gasteiger partial charge on any atom is -0.348 e. The highest BCUT2D eigenvalue weighted by atomic mass is 35.5. The van der Waals surface area contributed by atoms with Crippen molar-refractivity contribution in [1.82, 2.24) is 5.32 Å². The number of hydrogen-bond donors (Lipinski definition) is 1. The van der Waals surface area contributed by atoms with E-state index >= 15 is 0 Å². The third-order valence-electron chi connectivity index (χ3n) is 4.50. The zero-order valence-corrected chi connectivity index (χ0v) is 18.4. The number of sulfonamides is 1. The molecule has 5 nitrogen and oxygen atoms in total. The Balaban J connectivity index is 2.31. The summed E-state index contributed by atoms with van der Waals surface area (Å²) in [5.74, 6) is -0.679. The van der Waals surface area contributed by atoms with Crippen LogP contribution in [0.25, 0.3) is 0 Å². The molecule has 0 saturated carbocycles. The molecule has 1 amide bonds. The molecule has 0 aliphatic heterocycles. The number of hydrogen-bond acceptors (Lipinski definition) is 3. The number of amides is 1. The summed E-state index contributed by atoms with van der Waals surface area (Å²) in [4.78, 5) is 12.5. The summed E-state index contributed by atoms with van der Waals surface area (Å²) in [6.45, 7) is 4.84. The number of benzene rings is 2. The van der Waals surface area contributed by atoms with Gasteiger partial charge in [-0.2, -0.15) is 13.2 Å². The summed E-state index contributed by atoms with van der Waals surface area (Å²) >= 11 is 5.96. The van der Waals surface area contributed by atoms with Crippen LogP contribution in [0, 0.1) is 13.8 Å². The lowest BCUT2D eigenvalue weighted by Crippen LogP contribution is -2.41. The average molecular weight is 463 g/mol. The number of rotatable bonds is 6. The van der Waals surface area contributed by atoms with Crippen molar-refractivity contribution < 1.29 is 26.4 Å². The number of alkyl halides is 3. The molecule has 1 atom stereocenters. The quantitative estimate of drug-likeness (QED) is 0.681. The Kier molecular flexibility index (Phi) is 7.08. The van der Waals surface area contributed by atoms with Gasteiger partial charge in [0.15, 0.2) is 0 Å². The molecule has 2 aromatic rings. The van der Waals surface area contributed by atoms with E-state index in [2.05, 4.69) is 5.32 Å². The summed E-state index contributed by atoms with van der Waals surface area (Å²) in [6, 6.07) is 7.57. The molecular formula is C20H22ClF3N2O3S. The van der Waals surface area contributed by atoms with Gasteiger partial charge in [-0.1, -0.05) is 35.4 Å². The predicted molar refractivity (Wildman–Crippen MR) is 111 cm³/mol. The maximum absolute atomic E-state index is 13.1. The number of carbonyl (C=O) groups is 1. The molecule has 0 fully saturated rings. The molecule has 0 spiro atoms. The Labute approximate surface area is 178 Å². The van der Waals surface area contributed by atoms with E-state index in [4.69, 9.17) is 11.6 Å². The fourth-order valence-corrected chi connectivity index (χ4v) is 4.20. The van der Waals surface area contributed by atoms with Gasteiger partial charge >= 0.3 is 6.18 Å². The van der Waals surface area contributed by atoms with Crippen LogP contribution in [0.3, 0.4) is 0 Å². The first-order valence-electron chi connectivity index (χ1n) is 8.91. The molecule has 0 radical (unpaired) electrons. The normalized spacial score (nSPS) is 13.1. The highest BCUT2D eigenvalue weighted by Gasteiger charge is 2.33. The summed E-state index contributed by atoms with van der Waals surface area (Å²) in [5.41, 5.74) is 1.36. The molecule has 0 aromatic heterocycles. The van der Waals surface area contributed by atoms with Gasteiger partial charge in [-0.25, -0.2) is 8.42 Å². The van der Waals surface area contributed by atoms with Crippen molar-refractivity contribution in [2.45, 2.75) is 33.0 Å². The summed E-state index contributed by atoms with van der Waals surface area (Å²) < 4.78 is 64.2. The molecule has 30 heavy (non-hydrogen) atoms. The predicted octanol–water partition coefficient (Wildman–Crippen LogP) is 4.62. The van der Waals surface area contributed by atoms with Gasteiger partial charge in [0.05, 0.1) is 28.6 Å². The number of carbonyl (C=O) groups excluding carboxylic acids is 1. The van der Waals surface area contributed by atoms with Crippen molar-refractivity contribution in [2.75, 3.05) is 17.1 Å². The maximum Gasteiger partial charge on any atom is 0.416 e. The number of aryl methyl sites for hydroxylation is 2. The van der Waals surface area contributed by atoms with E-state index in [1.54, 1.807) is 6.92 Å². The average Bonchev–Trinajstić information content (AvgIpc) is 2.58. The van der Waals surface area contributed by atoms with Gasteiger partial charge in [0.1, 0.15) is 6.54 Å². The Morgan fingerprint density at radius 3 is 2.33 bits per heavy atom. The van der Waals surface area contributed by atoms with E-state index in [0.29, 0.717) is 10.4 Å². The number of halogens is 4. The smallest absolute Gasteiger partial charge is 0.348 e. The standard InChI is InChI=1S/C20H22ClF3N2O3S/c1-12-5-7-16(13(2)9-12)14(3)25-19(27)11-26(30(4,28)29)18-10-15(20(22,23)24)6-8-17(18)21/h5-10,14H,11H2,1-4H3,(H,25,27)/t14-/m0/s1. The van der Waals surface area contributed by atoms with E-state index < -0.39 is 45.9 Å². The van der Waals surface area contributed by atoms with E-state index in [9.17, 15) is 26.4 Å². The van der Waals surface area contributed by atoms with Crippen molar-refractivity contribution in [1.29, 1.82) is 0 Å². The Bertz CT molecular complexity index is 1060. The van der Waals surface area contributed by atoms with Gasteiger partial charge in [-0.15, -0.1) is 0 Å². The van der Waals surface area contributed by atoms with Crippen LogP contribution in [0.15, 0.2) is 36.4 Å². The van der Waals surface area contributed by atoms with Crippen LogP contribution in [-0.4, -0.2) is 27.1 Å². The van der Waals surface area contributed by atoms with Crippen LogP contribution >= 0.6 is 11.6 Å². The van der Waals surface area contributed by atoms with Crippen molar-refractivity contribution in [3.8, 4) is 0 Å². The molecule has 0 heterocycles. The number of anilines is 1. The largest absolute Gasteiger partial charge is 0.416 e. The first kappa shape index (κ1) is 24.0. The van der Waals surface area contributed by atoms with E-state index in [0.717, 1.165) is 35.1 Å². The zero-order valence-electron chi connectivity index (χ0n) is 16.8. The Morgan fingerprint density at radius 2 is 1.80 bits per heavy atom. The van der Waals surface area contributed by atoms with Crippen LogP contribution < -0.4 is 9.62 Å². The van der Waals surface area contributed by atoms with Crippen molar-refractivity contribution >= 4 is 33.2 Å². The highest BCUT2D eigenvalue weighted by Crippen LogP contribution is 2.36. The summed E-state index contributed by atoms with van der Waals surface area (Å²) in [5, 5.41) is 2.46. The van der Waals surface area contributed by atoms with Crippen LogP contribution in [0.4, 0.5) is 18.9 Å². The number of nitrogens with zero attached hydrogens (tertiary/aromatic N) is 1. The Hall–Kier alpha value is -2.26. The van der Waals surface area contributed by atoms with Gasteiger partial charge < -0.3 is 5.32 Å². The minimum atomic E-state index is -4.69. The molecule has 0 aliphatic carbocycles. The molecule has 0 aliphatic rings. The molecule has 10 heteroatoms. The van der Waals surface area contributed by atoms with E-state index in [1.165, 1.54) is 0 Å². The van der Waals surface area contributed by atoms with Gasteiger partial charge in [-0.05, 0) is 50.1 Å². The lowest BCUT2D eigenvalue weighted by Gasteiger charge is -2.25.